The molecule has 1 rings (SSSR count). The summed E-state index contributed by atoms with van der Waals surface area (Å²) in [4.78, 5) is 25.7. The lowest BCUT2D eigenvalue weighted by Crippen LogP contribution is -2.43. The zero-order chi connectivity index (χ0) is 25.2. The fourth-order valence-corrected chi connectivity index (χ4v) is 4.76. The van der Waals surface area contributed by atoms with Gasteiger partial charge in [0.25, 0.3) is 0 Å². The summed E-state index contributed by atoms with van der Waals surface area (Å²) >= 11 is 0. The van der Waals surface area contributed by atoms with Crippen LogP contribution in [-0.2, 0) is 14.3 Å². The lowest BCUT2D eigenvalue weighted by molar-refractivity contribution is -0.156. The summed E-state index contributed by atoms with van der Waals surface area (Å²) in [5.74, 6) is 1.51. The molecule has 5 heteroatoms. The van der Waals surface area contributed by atoms with Gasteiger partial charge in [-0.2, -0.15) is 0 Å². The smallest absolute Gasteiger partial charge is 0.222 e. The van der Waals surface area contributed by atoms with Crippen molar-refractivity contribution in [1.29, 1.82) is 0 Å². The number of rotatable bonds is 17. The predicted molar refractivity (Wildman–Crippen MR) is 140 cm³/mol. The van der Waals surface area contributed by atoms with Crippen LogP contribution in [0.1, 0.15) is 98.3 Å². The van der Waals surface area contributed by atoms with Crippen molar-refractivity contribution in [3.63, 3.8) is 0 Å². The molecule has 0 aliphatic carbocycles. The normalized spacial score (nSPS) is 19.9. The molecule has 1 saturated heterocycles. The maximum atomic E-state index is 12.8. The number of nitrogens with zero attached hydrogens (tertiary/aromatic N) is 1. The van der Waals surface area contributed by atoms with Crippen LogP contribution in [0.15, 0.2) is 36.5 Å². The molecule has 1 aliphatic rings. The van der Waals surface area contributed by atoms with Crippen molar-refractivity contribution in [3.05, 3.63) is 36.5 Å². The first-order chi connectivity index (χ1) is 16.4. The Labute approximate surface area is 208 Å². The summed E-state index contributed by atoms with van der Waals surface area (Å²) < 4.78 is 5.49. The second-order valence-electron chi connectivity index (χ2n) is 10.1. The SMILES string of the molecule is CCC[C@@H]1CCCCN1C(=O)CCC[C@@H](CC/C=C/C=C/C=C/C(C)CC(C)C)O[C@@H](O)C=O. The third-order valence-electron chi connectivity index (χ3n) is 6.34. The number of aldehydes is 1. The number of carbonyl (C=O) groups excluding carboxylic acids is 2. The van der Waals surface area contributed by atoms with E-state index < -0.39 is 6.29 Å². The Bertz CT molecular complexity index is 638. The topological polar surface area (TPSA) is 66.8 Å². The Kier molecular flexibility index (Phi) is 16.6. The van der Waals surface area contributed by atoms with Gasteiger partial charge in [0.05, 0.1) is 6.10 Å². The largest absolute Gasteiger partial charge is 0.362 e. The molecule has 1 unspecified atom stereocenters. The van der Waals surface area contributed by atoms with Gasteiger partial charge in [-0.3, -0.25) is 9.59 Å². The molecule has 194 valence electrons. The number of hydrogen-bond donors (Lipinski definition) is 1. The summed E-state index contributed by atoms with van der Waals surface area (Å²) in [6.45, 7) is 9.76. The molecule has 0 aromatic rings. The molecular weight excluding hydrogens is 426 g/mol. The van der Waals surface area contributed by atoms with Gasteiger partial charge in [-0.15, -0.1) is 0 Å². The molecule has 0 bridgehead atoms. The van der Waals surface area contributed by atoms with Crippen LogP contribution in [0.5, 0.6) is 0 Å². The van der Waals surface area contributed by atoms with Crippen molar-refractivity contribution in [3.8, 4) is 0 Å². The third kappa shape index (κ3) is 13.9. The highest BCUT2D eigenvalue weighted by atomic mass is 16.6. The molecule has 0 spiro atoms. The second kappa shape index (κ2) is 18.6. The average molecular weight is 476 g/mol. The highest BCUT2D eigenvalue weighted by Gasteiger charge is 2.25. The minimum absolute atomic E-state index is 0.230. The zero-order valence-electron chi connectivity index (χ0n) is 22.0. The fourth-order valence-electron chi connectivity index (χ4n) is 4.76. The van der Waals surface area contributed by atoms with Gasteiger partial charge in [0.2, 0.25) is 12.2 Å². The van der Waals surface area contributed by atoms with Gasteiger partial charge in [0.15, 0.2) is 6.29 Å². The van der Waals surface area contributed by atoms with Crippen LogP contribution in [0, 0.1) is 11.8 Å². The molecule has 34 heavy (non-hydrogen) atoms. The highest BCUT2D eigenvalue weighted by Crippen LogP contribution is 2.23. The zero-order valence-corrected chi connectivity index (χ0v) is 22.0. The molecule has 0 saturated carbocycles. The van der Waals surface area contributed by atoms with Crippen LogP contribution in [0.25, 0.3) is 0 Å². The van der Waals surface area contributed by atoms with Crippen LogP contribution < -0.4 is 0 Å². The van der Waals surface area contributed by atoms with Crippen molar-refractivity contribution in [2.45, 2.75) is 117 Å². The Morgan fingerprint density at radius 2 is 1.88 bits per heavy atom. The molecule has 0 radical (unpaired) electrons. The Balaban J connectivity index is 2.43. The monoisotopic (exact) mass is 475 g/mol. The van der Waals surface area contributed by atoms with Gasteiger partial charge in [-0.1, -0.05) is 70.6 Å². The van der Waals surface area contributed by atoms with E-state index in [1.54, 1.807) is 0 Å². The van der Waals surface area contributed by atoms with E-state index in [-0.39, 0.29) is 12.0 Å². The molecule has 1 fully saturated rings. The minimum atomic E-state index is -1.40. The number of amides is 1. The van der Waals surface area contributed by atoms with Crippen LogP contribution >= 0.6 is 0 Å². The molecule has 5 nitrogen and oxygen atoms in total. The molecule has 1 N–H and O–H groups in total. The molecular formula is C29H49NO4. The van der Waals surface area contributed by atoms with Crippen molar-refractivity contribution in [1.82, 2.24) is 4.90 Å². The predicted octanol–water partition coefficient (Wildman–Crippen LogP) is 6.37. The van der Waals surface area contributed by atoms with Crippen LogP contribution in [-0.4, -0.2) is 47.2 Å². The fraction of sp³-hybridized carbons (Fsp3) is 0.724. The number of aliphatic hydroxyl groups excluding tert-OH is 1. The van der Waals surface area contributed by atoms with E-state index in [0.717, 1.165) is 38.6 Å². The lowest BCUT2D eigenvalue weighted by atomic mass is 9.97. The quantitative estimate of drug-likeness (QED) is 0.151. The molecule has 0 aromatic carbocycles. The number of allylic oxidation sites excluding steroid dienone is 6. The molecule has 4 atom stereocenters. The van der Waals surface area contributed by atoms with Gasteiger partial charge in [0, 0.05) is 19.0 Å². The minimum Gasteiger partial charge on any atom is -0.362 e. The number of hydrogen-bond acceptors (Lipinski definition) is 4. The van der Waals surface area contributed by atoms with E-state index in [4.69, 9.17) is 4.74 Å². The first-order valence-electron chi connectivity index (χ1n) is 13.5. The number of likely N-dealkylation sites (tertiary alicyclic amines) is 1. The van der Waals surface area contributed by atoms with E-state index in [9.17, 15) is 14.7 Å². The molecule has 1 aliphatic heterocycles. The number of carbonyl (C=O) groups is 2. The number of aliphatic hydroxyl groups is 1. The van der Waals surface area contributed by atoms with Gasteiger partial charge in [-0.05, 0) is 69.6 Å². The summed E-state index contributed by atoms with van der Waals surface area (Å²) in [6.07, 6.45) is 21.3. The van der Waals surface area contributed by atoms with E-state index in [1.807, 2.05) is 18.2 Å². The first kappa shape index (κ1) is 30.3. The summed E-state index contributed by atoms with van der Waals surface area (Å²) in [6, 6.07) is 0.390. The number of ether oxygens (including phenoxy) is 1. The Hall–Kier alpha value is -1.72. The van der Waals surface area contributed by atoms with Crippen LogP contribution in [0.4, 0.5) is 0 Å². The third-order valence-corrected chi connectivity index (χ3v) is 6.34. The Morgan fingerprint density at radius 3 is 2.59 bits per heavy atom. The first-order valence-corrected chi connectivity index (χ1v) is 13.5. The summed E-state index contributed by atoms with van der Waals surface area (Å²) in [5, 5.41) is 9.63. The van der Waals surface area contributed by atoms with Crippen molar-refractivity contribution < 1.29 is 19.4 Å². The molecule has 0 aromatic heterocycles. The van der Waals surface area contributed by atoms with Crippen molar-refractivity contribution in [2.75, 3.05) is 6.54 Å². The van der Waals surface area contributed by atoms with Gasteiger partial charge in [-0.25, -0.2) is 0 Å². The molecule has 1 amide bonds. The van der Waals surface area contributed by atoms with E-state index in [2.05, 4.69) is 50.8 Å². The van der Waals surface area contributed by atoms with E-state index in [1.165, 1.54) is 12.8 Å². The van der Waals surface area contributed by atoms with Crippen LogP contribution in [0.3, 0.4) is 0 Å². The lowest BCUT2D eigenvalue weighted by Gasteiger charge is -2.36. The van der Waals surface area contributed by atoms with Gasteiger partial charge >= 0.3 is 0 Å². The van der Waals surface area contributed by atoms with E-state index in [0.29, 0.717) is 49.8 Å². The standard InChI is InChI=1S/C29H49NO4/c1-5-15-26-17-12-13-21-30(26)28(32)20-14-19-27(34-29(33)23-31)18-11-9-7-6-8-10-16-25(4)22-24(2)3/h6-10,16,23-27,29,33H,5,11-15,17-22H2,1-4H3/b8-6+,9-7+,16-10+/t25?,26-,27-,29-/m1/s1. The van der Waals surface area contributed by atoms with Gasteiger partial charge < -0.3 is 14.7 Å². The number of piperidine rings is 1. The van der Waals surface area contributed by atoms with Gasteiger partial charge in [0.1, 0.15) is 0 Å². The average Bonchev–Trinajstić information content (AvgIpc) is 2.80. The molecule has 1 heterocycles. The maximum absolute atomic E-state index is 12.8. The summed E-state index contributed by atoms with van der Waals surface area (Å²) in [5.41, 5.74) is 0. The Morgan fingerprint density at radius 1 is 1.12 bits per heavy atom. The highest BCUT2D eigenvalue weighted by molar-refractivity contribution is 5.76. The second-order valence-corrected chi connectivity index (χ2v) is 10.1. The summed E-state index contributed by atoms with van der Waals surface area (Å²) in [7, 11) is 0. The van der Waals surface area contributed by atoms with Crippen molar-refractivity contribution >= 4 is 12.2 Å². The van der Waals surface area contributed by atoms with Crippen molar-refractivity contribution in [2.24, 2.45) is 11.8 Å². The van der Waals surface area contributed by atoms with Crippen LogP contribution in [0.2, 0.25) is 0 Å². The maximum Gasteiger partial charge on any atom is 0.222 e. The van der Waals surface area contributed by atoms with E-state index >= 15 is 0 Å².